The number of nitrogens with one attached hydrogen (secondary N) is 1. The van der Waals surface area contributed by atoms with E-state index < -0.39 is 11.4 Å². The van der Waals surface area contributed by atoms with Crippen LogP contribution in [0.2, 0.25) is 5.02 Å². The van der Waals surface area contributed by atoms with Gasteiger partial charge in [-0.1, -0.05) is 36.6 Å². The van der Waals surface area contributed by atoms with Crippen LogP contribution in [-0.2, 0) is 15.0 Å². The first-order chi connectivity index (χ1) is 10.5. The summed E-state index contributed by atoms with van der Waals surface area (Å²) >= 11 is 7.38. The average molecular weight is 342 g/mol. The first-order valence-electron chi connectivity index (χ1n) is 7.38. The van der Waals surface area contributed by atoms with Crippen molar-refractivity contribution in [3.05, 3.63) is 34.9 Å². The molecule has 1 aliphatic rings. The lowest BCUT2D eigenvalue weighted by Crippen LogP contribution is -2.43. The van der Waals surface area contributed by atoms with Crippen LogP contribution in [0.25, 0.3) is 0 Å². The Hall–Kier alpha value is -1.20. The molecule has 4 nitrogen and oxygen atoms in total. The Kier molecular flexibility index (Phi) is 6.15. The Morgan fingerprint density at radius 3 is 2.68 bits per heavy atom. The Bertz CT molecular complexity index is 544. The maximum Gasteiger partial charge on any atom is 0.313 e. The fraction of sp³-hybridized carbons (Fsp3) is 0.500. The van der Waals surface area contributed by atoms with Crippen molar-refractivity contribution >= 4 is 35.2 Å². The zero-order valence-corrected chi connectivity index (χ0v) is 13.9. The van der Waals surface area contributed by atoms with Gasteiger partial charge in [0, 0.05) is 17.3 Å². The molecule has 1 amide bonds. The SMILES string of the molecule is O=C(O)CSCCNC(=O)C1(c2cccc(Cl)c2)CCCC1. The summed E-state index contributed by atoms with van der Waals surface area (Å²) < 4.78 is 0. The van der Waals surface area contributed by atoms with E-state index in [0.717, 1.165) is 31.2 Å². The molecule has 0 bridgehead atoms. The first kappa shape index (κ1) is 17.2. The molecule has 0 radical (unpaired) electrons. The summed E-state index contributed by atoms with van der Waals surface area (Å²) in [5.41, 5.74) is 0.496. The van der Waals surface area contributed by atoms with Crippen molar-refractivity contribution in [2.75, 3.05) is 18.1 Å². The topological polar surface area (TPSA) is 66.4 Å². The van der Waals surface area contributed by atoms with E-state index >= 15 is 0 Å². The number of hydrogen-bond acceptors (Lipinski definition) is 3. The van der Waals surface area contributed by atoms with E-state index in [-0.39, 0.29) is 11.7 Å². The van der Waals surface area contributed by atoms with E-state index in [1.165, 1.54) is 11.8 Å². The molecule has 22 heavy (non-hydrogen) atoms. The molecule has 0 aromatic heterocycles. The molecule has 0 spiro atoms. The Balaban J connectivity index is 1.98. The van der Waals surface area contributed by atoms with Gasteiger partial charge < -0.3 is 10.4 Å². The summed E-state index contributed by atoms with van der Waals surface area (Å²) in [4.78, 5) is 23.1. The lowest BCUT2D eigenvalue weighted by Gasteiger charge is -2.28. The van der Waals surface area contributed by atoms with Gasteiger partial charge in [-0.3, -0.25) is 9.59 Å². The monoisotopic (exact) mass is 341 g/mol. The van der Waals surface area contributed by atoms with Crippen LogP contribution < -0.4 is 5.32 Å². The summed E-state index contributed by atoms with van der Waals surface area (Å²) in [5.74, 6) is -0.135. The van der Waals surface area contributed by atoms with E-state index in [9.17, 15) is 9.59 Å². The normalized spacial score (nSPS) is 16.4. The minimum absolute atomic E-state index is 0.0307. The number of hydrogen-bond donors (Lipinski definition) is 2. The number of carboxylic acids is 1. The molecule has 1 saturated carbocycles. The van der Waals surface area contributed by atoms with Gasteiger partial charge in [0.2, 0.25) is 5.91 Å². The van der Waals surface area contributed by atoms with Gasteiger partial charge in [0.25, 0.3) is 0 Å². The van der Waals surface area contributed by atoms with Gasteiger partial charge in [0.15, 0.2) is 0 Å². The van der Waals surface area contributed by atoms with Gasteiger partial charge in [0.1, 0.15) is 0 Å². The number of halogens is 1. The molecular weight excluding hydrogens is 322 g/mol. The van der Waals surface area contributed by atoms with Crippen molar-refractivity contribution in [3.63, 3.8) is 0 Å². The van der Waals surface area contributed by atoms with E-state index in [1.807, 2.05) is 24.3 Å². The third kappa shape index (κ3) is 4.17. The van der Waals surface area contributed by atoms with E-state index in [1.54, 1.807) is 0 Å². The summed E-state index contributed by atoms with van der Waals surface area (Å²) in [6.07, 6.45) is 3.74. The predicted octanol–water partition coefficient (Wildman–Crippen LogP) is 3.09. The van der Waals surface area contributed by atoms with Crippen LogP contribution in [-0.4, -0.2) is 35.0 Å². The maximum atomic E-state index is 12.7. The van der Waals surface area contributed by atoms with Crippen LogP contribution in [0.15, 0.2) is 24.3 Å². The summed E-state index contributed by atoms with van der Waals surface area (Å²) in [5, 5.41) is 12.2. The molecule has 0 saturated heterocycles. The highest BCUT2D eigenvalue weighted by Gasteiger charge is 2.42. The number of carbonyl (C=O) groups excluding carboxylic acids is 1. The largest absolute Gasteiger partial charge is 0.481 e. The molecule has 2 N–H and O–H groups in total. The van der Waals surface area contributed by atoms with Crippen LogP contribution in [0.4, 0.5) is 0 Å². The molecular formula is C16H20ClNO3S. The summed E-state index contributed by atoms with van der Waals surface area (Å²) in [6, 6.07) is 7.55. The number of amides is 1. The van der Waals surface area contributed by atoms with Crippen molar-refractivity contribution in [2.45, 2.75) is 31.1 Å². The lowest BCUT2D eigenvalue weighted by molar-refractivity contribution is -0.134. The minimum Gasteiger partial charge on any atom is -0.481 e. The van der Waals surface area contributed by atoms with Crippen molar-refractivity contribution in [3.8, 4) is 0 Å². The third-order valence-electron chi connectivity index (χ3n) is 4.03. The third-order valence-corrected chi connectivity index (χ3v) is 5.21. The average Bonchev–Trinajstić information content (AvgIpc) is 2.97. The second kappa shape index (κ2) is 7.88. The highest BCUT2D eigenvalue weighted by molar-refractivity contribution is 7.99. The highest BCUT2D eigenvalue weighted by atomic mass is 35.5. The van der Waals surface area contributed by atoms with Gasteiger partial charge in [-0.15, -0.1) is 11.8 Å². The molecule has 1 aromatic rings. The van der Waals surface area contributed by atoms with Gasteiger partial charge in [0.05, 0.1) is 11.2 Å². The van der Waals surface area contributed by atoms with Crippen molar-refractivity contribution < 1.29 is 14.7 Å². The second-order valence-electron chi connectivity index (χ2n) is 5.50. The zero-order valence-electron chi connectivity index (χ0n) is 12.3. The van der Waals surface area contributed by atoms with E-state index in [2.05, 4.69) is 5.32 Å². The van der Waals surface area contributed by atoms with Crippen LogP contribution in [0.1, 0.15) is 31.2 Å². The second-order valence-corrected chi connectivity index (χ2v) is 7.04. The van der Waals surface area contributed by atoms with Crippen molar-refractivity contribution in [1.82, 2.24) is 5.32 Å². The van der Waals surface area contributed by atoms with E-state index in [4.69, 9.17) is 16.7 Å². The molecule has 0 aliphatic heterocycles. The van der Waals surface area contributed by atoms with Gasteiger partial charge >= 0.3 is 5.97 Å². The highest BCUT2D eigenvalue weighted by Crippen LogP contribution is 2.42. The first-order valence-corrected chi connectivity index (χ1v) is 8.92. The molecule has 2 rings (SSSR count). The zero-order chi connectivity index (χ0) is 16.0. The Labute approximate surface area is 139 Å². The molecule has 120 valence electrons. The van der Waals surface area contributed by atoms with Gasteiger partial charge in [-0.05, 0) is 30.5 Å². The standard InChI is InChI=1S/C16H20ClNO3S/c17-13-5-3-4-12(10-13)16(6-1-2-7-16)15(21)18-8-9-22-11-14(19)20/h3-5,10H,1-2,6-9,11H2,(H,18,21)(H,19,20). The van der Waals surface area contributed by atoms with Crippen molar-refractivity contribution in [1.29, 1.82) is 0 Å². The smallest absolute Gasteiger partial charge is 0.313 e. The molecule has 1 aliphatic carbocycles. The summed E-state index contributed by atoms with van der Waals surface area (Å²) in [7, 11) is 0. The number of rotatable bonds is 7. The number of benzene rings is 1. The maximum absolute atomic E-state index is 12.7. The number of thioether (sulfide) groups is 1. The predicted molar refractivity (Wildman–Crippen MR) is 89.6 cm³/mol. The molecule has 1 fully saturated rings. The van der Waals surface area contributed by atoms with Crippen LogP contribution in [0, 0.1) is 0 Å². The molecule has 0 unspecified atom stereocenters. The quantitative estimate of drug-likeness (QED) is 0.748. The van der Waals surface area contributed by atoms with Crippen LogP contribution in [0.3, 0.4) is 0 Å². The molecule has 6 heteroatoms. The van der Waals surface area contributed by atoms with E-state index in [0.29, 0.717) is 17.3 Å². The fourth-order valence-corrected chi connectivity index (χ4v) is 3.73. The minimum atomic E-state index is -0.831. The van der Waals surface area contributed by atoms with Gasteiger partial charge in [-0.25, -0.2) is 0 Å². The van der Waals surface area contributed by atoms with Crippen LogP contribution >= 0.6 is 23.4 Å². The fourth-order valence-electron chi connectivity index (χ4n) is 2.98. The number of aliphatic carboxylic acids is 1. The molecule has 0 heterocycles. The Morgan fingerprint density at radius 1 is 1.32 bits per heavy atom. The molecule has 1 aromatic carbocycles. The lowest BCUT2D eigenvalue weighted by atomic mass is 9.78. The summed E-state index contributed by atoms with van der Waals surface area (Å²) in [6.45, 7) is 0.485. The van der Waals surface area contributed by atoms with Crippen LogP contribution in [0.5, 0.6) is 0 Å². The Morgan fingerprint density at radius 2 is 2.05 bits per heavy atom. The number of carbonyl (C=O) groups is 2. The molecule has 0 atom stereocenters. The number of carboxylic acid groups (broad SMARTS) is 1. The van der Waals surface area contributed by atoms with Gasteiger partial charge in [-0.2, -0.15) is 0 Å². The van der Waals surface area contributed by atoms with Crippen molar-refractivity contribution in [2.24, 2.45) is 0 Å².